The van der Waals surface area contributed by atoms with Gasteiger partial charge >= 0.3 is 6.18 Å². The number of halogens is 3. The first kappa shape index (κ1) is 19.3. The van der Waals surface area contributed by atoms with E-state index in [1.54, 1.807) is 13.1 Å². The quantitative estimate of drug-likeness (QED) is 0.692. The van der Waals surface area contributed by atoms with Crippen molar-refractivity contribution in [1.29, 1.82) is 0 Å². The van der Waals surface area contributed by atoms with E-state index in [9.17, 15) is 13.2 Å². The lowest BCUT2D eigenvalue weighted by molar-refractivity contribution is -0.138. The second-order valence-corrected chi connectivity index (χ2v) is 7.14. The molecule has 3 heterocycles. The minimum Gasteiger partial charge on any atom is -0.321 e. The molecular weight excluding hydrogens is 385 g/mol. The molecule has 0 radical (unpaired) electrons. The van der Waals surface area contributed by atoms with Gasteiger partial charge in [0.2, 0.25) is 5.95 Å². The molecule has 0 amide bonds. The molecule has 1 N–H and O–H groups in total. The van der Waals surface area contributed by atoms with E-state index in [1.165, 1.54) is 0 Å². The van der Waals surface area contributed by atoms with Crippen LogP contribution in [0.2, 0.25) is 0 Å². The van der Waals surface area contributed by atoms with Gasteiger partial charge < -0.3 is 5.32 Å². The minimum atomic E-state index is -4.46. The van der Waals surface area contributed by atoms with E-state index in [2.05, 4.69) is 30.7 Å². The van der Waals surface area contributed by atoms with Gasteiger partial charge in [-0.15, -0.1) is 5.10 Å². The summed E-state index contributed by atoms with van der Waals surface area (Å²) in [5.74, 6) is 0.129. The summed E-state index contributed by atoms with van der Waals surface area (Å²) >= 11 is 0. The largest absolute Gasteiger partial charge is 0.419 e. The number of nitrogens with one attached hydrogen (secondary N) is 1. The Bertz CT molecular complexity index is 980. The van der Waals surface area contributed by atoms with Crippen molar-refractivity contribution >= 4 is 11.6 Å². The summed E-state index contributed by atoms with van der Waals surface area (Å²) in [5.41, 5.74) is 0.571. The standard InChI is InChI=1S/C18H21F3N8/c1-3-15-14(18(19,20)21)9-22-17(24-15)25-16-10-29(26-11(16)2)13-5-4-12(8-13)28-7-6-23-27-28/h6-7,9-10,12-13H,3-5,8H2,1-2H3,(H,22,24,25)/t12-,13+/m0/s1. The van der Waals surface area contributed by atoms with Gasteiger partial charge in [-0.25, -0.2) is 14.6 Å². The Morgan fingerprint density at radius 2 is 1.97 bits per heavy atom. The molecule has 0 bridgehead atoms. The molecule has 0 spiro atoms. The number of hydrogen-bond donors (Lipinski definition) is 1. The highest BCUT2D eigenvalue weighted by atomic mass is 19.4. The van der Waals surface area contributed by atoms with Crippen molar-refractivity contribution in [3.63, 3.8) is 0 Å². The Morgan fingerprint density at radius 1 is 1.21 bits per heavy atom. The summed E-state index contributed by atoms with van der Waals surface area (Å²) in [5, 5.41) is 15.5. The molecule has 4 rings (SSSR count). The van der Waals surface area contributed by atoms with Crippen molar-refractivity contribution in [3.05, 3.63) is 41.7 Å². The zero-order valence-electron chi connectivity index (χ0n) is 16.1. The maximum atomic E-state index is 13.0. The van der Waals surface area contributed by atoms with E-state index < -0.39 is 11.7 Å². The number of alkyl halides is 3. The lowest BCUT2D eigenvalue weighted by Crippen LogP contribution is -2.12. The normalized spacial score (nSPS) is 19.6. The second-order valence-electron chi connectivity index (χ2n) is 7.14. The maximum absolute atomic E-state index is 13.0. The average Bonchev–Trinajstić information content (AvgIpc) is 3.41. The van der Waals surface area contributed by atoms with Crippen LogP contribution >= 0.6 is 0 Å². The monoisotopic (exact) mass is 406 g/mol. The third-order valence-electron chi connectivity index (χ3n) is 5.24. The molecule has 8 nitrogen and oxygen atoms in total. The van der Waals surface area contributed by atoms with Gasteiger partial charge in [0.25, 0.3) is 0 Å². The van der Waals surface area contributed by atoms with Crippen molar-refractivity contribution in [2.75, 3.05) is 5.32 Å². The van der Waals surface area contributed by atoms with Crippen LogP contribution in [0.4, 0.5) is 24.8 Å². The number of hydrogen-bond acceptors (Lipinski definition) is 6. The van der Waals surface area contributed by atoms with Gasteiger partial charge in [-0.05, 0) is 32.6 Å². The van der Waals surface area contributed by atoms with Gasteiger partial charge in [-0.1, -0.05) is 12.1 Å². The van der Waals surface area contributed by atoms with Gasteiger partial charge in [0.05, 0.1) is 40.9 Å². The van der Waals surface area contributed by atoms with Gasteiger partial charge in [0.15, 0.2) is 0 Å². The number of anilines is 2. The molecule has 3 aromatic heterocycles. The van der Waals surface area contributed by atoms with Crippen LogP contribution in [0.25, 0.3) is 0 Å². The molecule has 1 aliphatic rings. The van der Waals surface area contributed by atoms with Crippen molar-refractivity contribution < 1.29 is 13.2 Å². The smallest absolute Gasteiger partial charge is 0.321 e. The van der Waals surface area contributed by atoms with Crippen molar-refractivity contribution in [2.45, 2.75) is 57.8 Å². The fourth-order valence-corrected chi connectivity index (χ4v) is 3.72. The van der Waals surface area contributed by atoms with Gasteiger partial charge in [0.1, 0.15) is 0 Å². The van der Waals surface area contributed by atoms with Gasteiger partial charge in [0, 0.05) is 18.6 Å². The van der Waals surface area contributed by atoms with E-state index in [0.29, 0.717) is 5.69 Å². The van der Waals surface area contributed by atoms with E-state index in [4.69, 9.17) is 0 Å². The van der Waals surface area contributed by atoms with Gasteiger partial charge in [-0.2, -0.15) is 18.3 Å². The van der Waals surface area contributed by atoms with Crippen molar-refractivity contribution in [3.8, 4) is 0 Å². The zero-order valence-corrected chi connectivity index (χ0v) is 16.1. The summed E-state index contributed by atoms with van der Waals surface area (Å²) in [6.45, 7) is 3.48. The molecule has 1 fully saturated rings. The highest BCUT2D eigenvalue weighted by molar-refractivity contribution is 5.55. The Balaban J connectivity index is 1.50. The predicted octanol–water partition coefficient (Wildman–Crippen LogP) is 3.86. The van der Waals surface area contributed by atoms with Crippen LogP contribution < -0.4 is 5.32 Å². The zero-order chi connectivity index (χ0) is 20.6. The van der Waals surface area contributed by atoms with Crippen LogP contribution in [0.15, 0.2) is 24.8 Å². The molecular formula is C18H21F3N8. The summed E-state index contributed by atoms with van der Waals surface area (Å²) < 4.78 is 42.9. The molecule has 0 unspecified atom stereocenters. The Labute approximate surface area is 165 Å². The summed E-state index contributed by atoms with van der Waals surface area (Å²) in [4.78, 5) is 7.89. The van der Waals surface area contributed by atoms with Gasteiger partial charge in [-0.3, -0.25) is 4.68 Å². The summed E-state index contributed by atoms with van der Waals surface area (Å²) in [6.07, 6.45) is 4.75. The molecule has 0 saturated heterocycles. The molecule has 154 valence electrons. The first-order valence-electron chi connectivity index (χ1n) is 9.46. The third kappa shape index (κ3) is 3.94. The molecule has 0 aliphatic heterocycles. The molecule has 3 aromatic rings. The highest BCUT2D eigenvalue weighted by Gasteiger charge is 2.34. The Morgan fingerprint density at radius 3 is 2.62 bits per heavy atom. The van der Waals surface area contributed by atoms with E-state index >= 15 is 0 Å². The van der Waals surface area contributed by atoms with Crippen LogP contribution in [0.1, 0.15) is 55.2 Å². The van der Waals surface area contributed by atoms with Crippen LogP contribution in [0.5, 0.6) is 0 Å². The van der Waals surface area contributed by atoms with E-state index in [-0.39, 0.29) is 30.1 Å². The number of aromatic nitrogens is 7. The SMILES string of the molecule is CCc1nc(Nc2cn([C@@H]3CC[C@H](n4ccnn4)C3)nc2C)ncc1C(F)(F)F. The molecule has 1 aliphatic carbocycles. The van der Waals surface area contributed by atoms with Crippen LogP contribution in [-0.2, 0) is 12.6 Å². The van der Waals surface area contributed by atoms with Crippen molar-refractivity contribution in [1.82, 2.24) is 34.7 Å². The lowest BCUT2D eigenvalue weighted by atomic mass is 10.2. The maximum Gasteiger partial charge on any atom is 0.419 e. The number of rotatable bonds is 5. The van der Waals surface area contributed by atoms with E-state index in [1.807, 2.05) is 28.7 Å². The first-order valence-corrected chi connectivity index (χ1v) is 9.46. The summed E-state index contributed by atoms with van der Waals surface area (Å²) in [7, 11) is 0. The molecule has 0 aromatic carbocycles. The summed E-state index contributed by atoms with van der Waals surface area (Å²) in [6, 6.07) is 0.506. The first-order chi connectivity index (χ1) is 13.8. The fourth-order valence-electron chi connectivity index (χ4n) is 3.72. The lowest BCUT2D eigenvalue weighted by Gasteiger charge is -2.12. The number of nitrogens with zero attached hydrogens (tertiary/aromatic N) is 7. The third-order valence-corrected chi connectivity index (χ3v) is 5.24. The number of aryl methyl sites for hydroxylation is 2. The molecule has 11 heteroatoms. The Hall–Kier alpha value is -2.98. The van der Waals surface area contributed by atoms with Crippen LogP contribution in [0.3, 0.4) is 0 Å². The molecule has 1 saturated carbocycles. The molecule has 29 heavy (non-hydrogen) atoms. The fraction of sp³-hybridized carbons (Fsp3) is 0.500. The second kappa shape index (κ2) is 7.45. The Kier molecular flexibility index (Phi) is 4.97. The molecule has 2 atom stereocenters. The highest BCUT2D eigenvalue weighted by Crippen LogP contribution is 2.38. The minimum absolute atomic E-state index is 0.0356. The average molecular weight is 406 g/mol. The topological polar surface area (TPSA) is 86.3 Å². The van der Waals surface area contributed by atoms with Crippen LogP contribution in [-0.4, -0.2) is 34.7 Å². The van der Waals surface area contributed by atoms with Crippen LogP contribution in [0, 0.1) is 6.92 Å². The predicted molar refractivity (Wildman–Crippen MR) is 98.6 cm³/mol. The van der Waals surface area contributed by atoms with E-state index in [0.717, 1.165) is 31.2 Å². The van der Waals surface area contributed by atoms with Crippen molar-refractivity contribution in [2.24, 2.45) is 0 Å².